The molecule has 25 heavy (non-hydrogen) atoms. The molecule has 0 saturated heterocycles. The van der Waals surface area contributed by atoms with E-state index in [0.29, 0.717) is 19.5 Å². The first kappa shape index (κ1) is 19.0. The van der Waals surface area contributed by atoms with E-state index in [-0.39, 0.29) is 12.5 Å². The summed E-state index contributed by atoms with van der Waals surface area (Å²) in [5.41, 5.74) is 2.22. The lowest BCUT2D eigenvalue weighted by Gasteiger charge is -2.17. The molecule has 0 heterocycles. The van der Waals surface area contributed by atoms with Crippen LogP contribution in [0.1, 0.15) is 17.5 Å². The largest absolute Gasteiger partial charge is 0.497 e. The molecule has 0 fully saturated rings. The number of aliphatic hydroxyl groups is 1. The van der Waals surface area contributed by atoms with Crippen LogP contribution in [0.2, 0.25) is 0 Å². The number of amides is 1. The van der Waals surface area contributed by atoms with Crippen LogP contribution in [-0.2, 0) is 17.8 Å². The Kier molecular flexibility index (Phi) is 7.95. The number of rotatable bonds is 10. The first-order valence-electron chi connectivity index (χ1n) is 8.51. The molecular weight excluding hydrogens is 316 g/mol. The molecular formula is C20H26N2O3. The first-order valence-corrected chi connectivity index (χ1v) is 8.51. The zero-order chi connectivity index (χ0) is 17.9. The predicted molar refractivity (Wildman–Crippen MR) is 98.5 cm³/mol. The van der Waals surface area contributed by atoms with Crippen molar-refractivity contribution in [3.05, 3.63) is 65.7 Å². The van der Waals surface area contributed by atoms with Gasteiger partial charge in [0, 0.05) is 13.2 Å². The summed E-state index contributed by atoms with van der Waals surface area (Å²) in [6.07, 6.45) is 1.23. The van der Waals surface area contributed by atoms with Crippen molar-refractivity contribution in [1.82, 2.24) is 10.6 Å². The molecule has 5 heteroatoms. The third kappa shape index (κ3) is 6.57. The van der Waals surface area contributed by atoms with Gasteiger partial charge in [0.05, 0.1) is 13.2 Å². The van der Waals surface area contributed by atoms with Gasteiger partial charge >= 0.3 is 0 Å². The molecule has 0 saturated carbocycles. The van der Waals surface area contributed by atoms with Crippen molar-refractivity contribution in [3.63, 3.8) is 0 Å². The van der Waals surface area contributed by atoms with E-state index in [4.69, 9.17) is 4.74 Å². The predicted octanol–water partition coefficient (Wildman–Crippen LogP) is 1.89. The molecule has 3 N–H and O–H groups in total. The maximum absolute atomic E-state index is 12.4. The number of ether oxygens (including phenoxy) is 1. The SMILES string of the molecule is COc1ccc(CNC(=O)C(CCO)NCCc2ccccc2)cc1. The molecule has 2 rings (SSSR count). The molecule has 2 aromatic carbocycles. The van der Waals surface area contributed by atoms with Crippen LogP contribution < -0.4 is 15.4 Å². The molecule has 1 atom stereocenters. The molecule has 5 nitrogen and oxygen atoms in total. The van der Waals surface area contributed by atoms with Crippen molar-refractivity contribution in [2.45, 2.75) is 25.4 Å². The molecule has 0 aliphatic carbocycles. The van der Waals surface area contributed by atoms with Gasteiger partial charge in [0.1, 0.15) is 5.75 Å². The highest BCUT2D eigenvalue weighted by molar-refractivity contribution is 5.81. The number of carbonyl (C=O) groups excluding carboxylic acids is 1. The third-order valence-electron chi connectivity index (χ3n) is 4.01. The van der Waals surface area contributed by atoms with Crippen LogP contribution in [0.25, 0.3) is 0 Å². The number of benzene rings is 2. The van der Waals surface area contributed by atoms with Gasteiger partial charge in [-0.3, -0.25) is 4.79 Å². The highest BCUT2D eigenvalue weighted by Gasteiger charge is 2.16. The van der Waals surface area contributed by atoms with Crippen LogP contribution in [0, 0.1) is 0 Å². The van der Waals surface area contributed by atoms with Gasteiger partial charge in [0.15, 0.2) is 0 Å². The highest BCUT2D eigenvalue weighted by atomic mass is 16.5. The maximum Gasteiger partial charge on any atom is 0.237 e. The van der Waals surface area contributed by atoms with Gasteiger partial charge in [0.25, 0.3) is 0 Å². The molecule has 2 aromatic rings. The zero-order valence-corrected chi connectivity index (χ0v) is 14.6. The Hall–Kier alpha value is -2.37. The highest BCUT2D eigenvalue weighted by Crippen LogP contribution is 2.11. The first-order chi connectivity index (χ1) is 12.2. The van der Waals surface area contributed by atoms with Crippen LogP contribution >= 0.6 is 0 Å². The van der Waals surface area contributed by atoms with E-state index in [1.54, 1.807) is 7.11 Å². The second-order valence-electron chi connectivity index (χ2n) is 5.82. The van der Waals surface area contributed by atoms with Gasteiger partial charge in [-0.2, -0.15) is 0 Å². The Morgan fingerprint density at radius 3 is 2.44 bits per heavy atom. The fourth-order valence-corrected chi connectivity index (χ4v) is 2.55. The lowest BCUT2D eigenvalue weighted by atomic mass is 10.1. The number of methoxy groups -OCH3 is 1. The Bertz CT molecular complexity index is 629. The van der Waals surface area contributed by atoms with Gasteiger partial charge in [-0.1, -0.05) is 42.5 Å². The lowest BCUT2D eigenvalue weighted by Crippen LogP contribution is -2.45. The lowest BCUT2D eigenvalue weighted by molar-refractivity contribution is -0.123. The summed E-state index contributed by atoms with van der Waals surface area (Å²) < 4.78 is 5.12. The van der Waals surface area contributed by atoms with Crippen molar-refractivity contribution < 1.29 is 14.6 Å². The Morgan fingerprint density at radius 1 is 1.08 bits per heavy atom. The average molecular weight is 342 g/mol. The standard InChI is InChI=1S/C20H26N2O3/c1-25-18-9-7-17(8-10-18)15-22-20(24)19(12-14-23)21-13-11-16-5-3-2-4-6-16/h2-10,19,21,23H,11-15H2,1H3,(H,22,24). The summed E-state index contributed by atoms with van der Waals surface area (Å²) in [7, 11) is 1.62. The molecule has 1 amide bonds. The van der Waals surface area contributed by atoms with Crippen molar-refractivity contribution >= 4 is 5.91 Å². The quantitative estimate of drug-likeness (QED) is 0.617. The van der Waals surface area contributed by atoms with Crippen LogP contribution in [0.4, 0.5) is 0 Å². The number of hydrogen-bond donors (Lipinski definition) is 3. The van der Waals surface area contributed by atoms with Gasteiger partial charge in [0.2, 0.25) is 5.91 Å². The van der Waals surface area contributed by atoms with E-state index < -0.39 is 6.04 Å². The molecule has 0 aliphatic heterocycles. The van der Waals surface area contributed by atoms with Gasteiger partial charge in [-0.25, -0.2) is 0 Å². The topological polar surface area (TPSA) is 70.6 Å². The summed E-state index contributed by atoms with van der Waals surface area (Å²) in [5, 5.41) is 15.4. The fraction of sp³-hybridized carbons (Fsp3) is 0.350. The van der Waals surface area contributed by atoms with Gasteiger partial charge < -0.3 is 20.5 Å². The summed E-state index contributed by atoms with van der Waals surface area (Å²) in [6.45, 7) is 1.11. The summed E-state index contributed by atoms with van der Waals surface area (Å²) in [4.78, 5) is 12.4. The minimum atomic E-state index is -0.396. The minimum Gasteiger partial charge on any atom is -0.497 e. The molecule has 0 radical (unpaired) electrons. The maximum atomic E-state index is 12.4. The number of nitrogens with one attached hydrogen (secondary N) is 2. The van der Waals surface area contributed by atoms with Crippen molar-refractivity contribution in [2.75, 3.05) is 20.3 Å². The van der Waals surface area contributed by atoms with Crippen molar-refractivity contribution in [2.24, 2.45) is 0 Å². The Labute approximate surface area is 149 Å². The second kappa shape index (κ2) is 10.5. The number of carbonyl (C=O) groups is 1. The number of hydrogen-bond acceptors (Lipinski definition) is 4. The van der Waals surface area contributed by atoms with Crippen molar-refractivity contribution in [1.29, 1.82) is 0 Å². The average Bonchev–Trinajstić information content (AvgIpc) is 2.66. The summed E-state index contributed by atoms with van der Waals surface area (Å²) >= 11 is 0. The fourth-order valence-electron chi connectivity index (χ4n) is 2.55. The molecule has 0 aliphatic rings. The number of aliphatic hydroxyl groups excluding tert-OH is 1. The van der Waals surface area contributed by atoms with Gasteiger partial charge in [-0.15, -0.1) is 0 Å². The molecule has 0 aromatic heterocycles. The van der Waals surface area contributed by atoms with E-state index in [9.17, 15) is 9.90 Å². The van der Waals surface area contributed by atoms with E-state index in [0.717, 1.165) is 17.7 Å². The smallest absolute Gasteiger partial charge is 0.237 e. The third-order valence-corrected chi connectivity index (χ3v) is 4.01. The Balaban J connectivity index is 1.79. The second-order valence-corrected chi connectivity index (χ2v) is 5.82. The summed E-state index contributed by atoms with van der Waals surface area (Å²) in [5.74, 6) is 0.689. The van der Waals surface area contributed by atoms with E-state index in [1.807, 2.05) is 42.5 Å². The van der Waals surface area contributed by atoms with Crippen LogP contribution in [0.5, 0.6) is 5.75 Å². The van der Waals surface area contributed by atoms with Gasteiger partial charge in [-0.05, 0) is 42.6 Å². The molecule has 0 bridgehead atoms. The van der Waals surface area contributed by atoms with E-state index in [1.165, 1.54) is 5.56 Å². The van der Waals surface area contributed by atoms with Crippen LogP contribution in [0.15, 0.2) is 54.6 Å². The van der Waals surface area contributed by atoms with Crippen LogP contribution in [-0.4, -0.2) is 37.3 Å². The van der Waals surface area contributed by atoms with E-state index >= 15 is 0 Å². The normalized spacial score (nSPS) is 11.8. The van der Waals surface area contributed by atoms with Crippen molar-refractivity contribution in [3.8, 4) is 5.75 Å². The minimum absolute atomic E-state index is 0.0288. The molecule has 0 spiro atoms. The van der Waals surface area contributed by atoms with E-state index in [2.05, 4.69) is 22.8 Å². The monoisotopic (exact) mass is 342 g/mol. The van der Waals surface area contributed by atoms with Crippen LogP contribution in [0.3, 0.4) is 0 Å². The molecule has 1 unspecified atom stereocenters. The Morgan fingerprint density at radius 2 is 1.80 bits per heavy atom. The summed E-state index contributed by atoms with van der Waals surface area (Å²) in [6, 6.07) is 17.3. The zero-order valence-electron chi connectivity index (χ0n) is 14.6. The molecule has 134 valence electrons.